The molecule has 1 unspecified atom stereocenters. The van der Waals surface area contributed by atoms with E-state index in [9.17, 15) is 4.79 Å². The molecular weight excluding hydrogens is 156 g/mol. The molecule has 0 aliphatic carbocycles. The summed E-state index contributed by atoms with van der Waals surface area (Å²) in [7, 11) is 0. The number of hydrogen-bond donors (Lipinski definition) is 0. The van der Waals surface area contributed by atoms with Crippen LogP contribution in [0, 0.1) is 0 Å². The summed E-state index contributed by atoms with van der Waals surface area (Å²) in [5, 5.41) is 0. The number of allylic oxidation sites excluding steroid dienone is 1. The van der Waals surface area contributed by atoms with Crippen LogP contribution < -0.4 is 0 Å². The molecule has 3 heteroatoms. The number of carbonyl (C=O) groups excluding carboxylic acids is 1. The Kier molecular flexibility index (Phi) is 3.80. The van der Waals surface area contributed by atoms with Crippen LogP contribution in [0.3, 0.4) is 0 Å². The lowest BCUT2D eigenvalue weighted by Gasteiger charge is -2.00. The van der Waals surface area contributed by atoms with E-state index < -0.39 is 0 Å². The van der Waals surface area contributed by atoms with Gasteiger partial charge in [-0.3, -0.25) is 4.79 Å². The third-order valence-electron chi connectivity index (χ3n) is 1.62. The van der Waals surface area contributed by atoms with Crippen molar-refractivity contribution in [3.05, 3.63) is 12.7 Å². The van der Waals surface area contributed by atoms with Crippen LogP contribution in [0.15, 0.2) is 12.7 Å². The highest BCUT2D eigenvalue weighted by Gasteiger charge is 2.23. The van der Waals surface area contributed by atoms with E-state index in [0.29, 0.717) is 13.0 Å². The fourth-order valence-electron chi connectivity index (χ4n) is 0.813. The maximum atomic E-state index is 10.9. The maximum Gasteiger partial charge on any atom is 0.305 e. The lowest BCUT2D eigenvalue weighted by atomic mass is 10.2. The molecule has 68 valence electrons. The maximum absolute atomic E-state index is 10.9. The number of hydrogen-bond acceptors (Lipinski definition) is 3. The molecule has 0 spiro atoms. The van der Waals surface area contributed by atoms with Crippen molar-refractivity contribution in [3.8, 4) is 0 Å². The molecule has 0 bridgehead atoms. The summed E-state index contributed by atoms with van der Waals surface area (Å²) in [5.74, 6) is -0.132. The minimum Gasteiger partial charge on any atom is -0.463 e. The van der Waals surface area contributed by atoms with E-state index in [2.05, 4.69) is 6.58 Å². The molecule has 0 aromatic carbocycles. The van der Waals surface area contributed by atoms with Gasteiger partial charge in [0.05, 0.1) is 6.61 Å². The predicted molar refractivity (Wildman–Crippen MR) is 44.7 cm³/mol. The van der Waals surface area contributed by atoms with Crippen LogP contribution in [0.5, 0.6) is 0 Å². The molecule has 1 fully saturated rings. The summed E-state index contributed by atoms with van der Waals surface area (Å²) in [4.78, 5) is 10.9. The van der Waals surface area contributed by atoms with Gasteiger partial charge < -0.3 is 9.47 Å². The number of esters is 1. The molecule has 1 aliphatic rings. The molecule has 1 atom stereocenters. The summed E-state index contributed by atoms with van der Waals surface area (Å²) < 4.78 is 9.81. The van der Waals surface area contributed by atoms with Crippen LogP contribution in [0.4, 0.5) is 0 Å². The first-order chi connectivity index (χ1) is 5.83. The zero-order valence-electron chi connectivity index (χ0n) is 7.12. The van der Waals surface area contributed by atoms with Gasteiger partial charge >= 0.3 is 5.97 Å². The summed E-state index contributed by atoms with van der Waals surface area (Å²) in [6.07, 6.45) is 4.16. The Balaban J connectivity index is 1.91. The largest absolute Gasteiger partial charge is 0.463 e. The van der Waals surface area contributed by atoms with Gasteiger partial charge in [-0.05, 0) is 12.8 Å². The molecule has 1 rings (SSSR count). The van der Waals surface area contributed by atoms with Gasteiger partial charge in [-0.25, -0.2) is 0 Å². The lowest BCUT2D eigenvalue weighted by molar-refractivity contribution is -0.144. The molecular formula is C9H14O3. The molecule has 1 saturated heterocycles. The van der Waals surface area contributed by atoms with Gasteiger partial charge in [0, 0.05) is 6.42 Å². The molecule has 0 amide bonds. The zero-order chi connectivity index (χ0) is 8.81. The standard InChI is InChI=1S/C9H14O3/c1-2-3-4-5-9(10)12-7-8-6-11-8/h2,8H,1,3-7H2. The van der Waals surface area contributed by atoms with Crippen molar-refractivity contribution >= 4 is 5.97 Å². The average molecular weight is 170 g/mol. The quantitative estimate of drug-likeness (QED) is 0.261. The molecule has 3 nitrogen and oxygen atoms in total. The summed E-state index contributed by atoms with van der Waals surface area (Å²) in [6.45, 7) is 4.73. The minimum absolute atomic E-state index is 0.132. The third kappa shape index (κ3) is 4.13. The number of ether oxygens (including phenoxy) is 2. The second-order valence-electron chi connectivity index (χ2n) is 2.82. The van der Waals surface area contributed by atoms with E-state index in [4.69, 9.17) is 9.47 Å². The van der Waals surface area contributed by atoms with Crippen LogP contribution in [-0.4, -0.2) is 25.3 Å². The van der Waals surface area contributed by atoms with Crippen molar-refractivity contribution < 1.29 is 14.3 Å². The van der Waals surface area contributed by atoms with E-state index in [0.717, 1.165) is 19.4 Å². The Morgan fingerprint density at radius 2 is 2.50 bits per heavy atom. The van der Waals surface area contributed by atoms with E-state index in [-0.39, 0.29) is 12.1 Å². The summed E-state index contributed by atoms with van der Waals surface area (Å²) >= 11 is 0. The van der Waals surface area contributed by atoms with Crippen LogP contribution in [0.25, 0.3) is 0 Å². The van der Waals surface area contributed by atoms with Crippen molar-refractivity contribution in [2.24, 2.45) is 0 Å². The van der Waals surface area contributed by atoms with E-state index in [1.165, 1.54) is 0 Å². The Morgan fingerprint density at radius 3 is 3.08 bits per heavy atom. The monoisotopic (exact) mass is 170 g/mol. The highest BCUT2D eigenvalue weighted by molar-refractivity contribution is 5.69. The number of unbranched alkanes of at least 4 members (excludes halogenated alkanes) is 1. The van der Waals surface area contributed by atoms with Gasteiger partial charge in [0.2, 0.25) is 0 Å². The SMILES string of the molecule is C=CCCCC(=O)OCC1CO1. The Labute approximate surface area is 72.4 Å². The third-order valence-corrected chi connectivity index (χ3v) is 1.62. The fourth-order valence-corrected chi connectivity index (χ4v) is 0.813. The molecule has 1 heterocycles. The molecule has 0 saturated carbocycles. The first-order valence-electron chi connectivity index (χ1n) is 4.21. The van der Waals surface area contributed by atoms with Gasteiger partial charge in [-0.15, -0.1) is 6.58 Å². The Hall–Kier alpha value is -0.830. The van der Waals surface area contributed by atoms with Crippen molar-refractivity contribution in [1.82, 2.24) is 0 Å². The van der Waals surface area contributed by atoms with Crippen molar-refractivity contribution in [3.63, 3.8) is 0 Å². The molecule has 0 N–H and O–H groups in total. The van der Waals surface area contributed by atoms with Crippen LogP contribution >= 0.6 is 0 Å². The zero-order valence-corrected chi connectivity index (χ0v) is 7.12. The van der Waals surface area contributed by atoms with Gasteiger partial charge in [-0.2, -0.15) is 0 Å². The first kappa shape index (κ1) is 9.26. The normalized spacial score (nSPS) is 20.2. The molecule has 0 radical (unpaired) electrons. The van der Waals surface area contributed by atoms with Gasteiger partial charge in [0.25, 0.3) is 0 Å². The van der Waals surface area contributed by atoms with E-state index >= 15 is 0 Å². The average Bonchev–Trinajstić information content (AvgIpc) is 2.84. The van der Waals surface area contributed by atoms with Gasteiger partial charge in [0.1, 0.15) is 12.7 Å². The van der Waals surface area contributed by atoms with Crippen LogP contribution in [-0.2, 0) is 14.3 Å². The van der Waals surface area contributed by atoms with Crippen molar-refractivity contribution in [2.75, 3.05) is 13.2 Å². The molecule has 0 aromatic rings. The smallest absolute Gasteiger partial charge is 0.305 e. The summed E-state index contributed by atoms with van der Waals surface area (Å²) in [6, 6.07) is 0. The lowest BCUT2D eigenvalue weighted by Crippen LogP contribution is -2.09. The van der Waals surface area contributed by atoms with Crippen LogP contribution in [0.1, 0.15) is 19.3 Å². The molecule has 1 aliphatic heterocycles. The second kappa shape index (κ2) is 4.93. The highest BCUT2D eigenvalue weighted by Crippen LogP contribution is 2.09. The predicted octanol–water partition coefficient (Wildman–Crippen LogP) is 1.28. The van der Waals surface area contributed by atoms with E-state index in [1.807, 2.05) is 0 Å². The number of carbonyl (C=O) groups is 1. The molecule has 12 heavy (non-hydrogen) atoms. The highest BCUT2D eigenvalue weighted by atomic mass is 16.6. The van der Waals surface area contributed by atoms with E-state index in [1.54, 1.807) is 6.08 Å². The Morgan fingerprint density at radius 1 is 1.75 bits per heavy atom. The topological polar surface area (TPSA) is 38.8 Å². The van der Waals surface area contributed by atoms with Gasteiger partial charge in [0.15, 0.2) is 0 Å². The Bertz CT molecular complexity index is 161. The summed E-state index contributed by atoms with van der Waals surface area (Å²) in [5.41, 5.74) is 0. The van der Waals surface area contributed by atoms with Crippen LogP contribution in [0.2, 0.25) is 0 Å². The number of epoxide rings is 1. The van der Waals surface area contributed by atoms with Crippen molar-refractivity contribution in [2.45, 2.75) is 25.4 Å². The molecule has 0 aromatic heterocycles. The first-order valence-corrected chi connectivity index (χ1v) is 4.21. The van der Waals surface area contributed by atoms with Crippen molar-refractivity contribution in [1.29, 1.82) is 0 Å². The van der Waals surface area contributed by atoms with Gasteiger partial charge in [-0.1, -0.05) is 6.08 Å². The number of rotatable bonds is 6. The fraction of sp³-hybridized carbons (Fsp3) is 0.667. The second-order valence-corrected chi connectivity index (χ2v) is 2.82. The minimum atomic E-state index is -0.132.